The van der Waals surface area contributed by atoms with E-state index in [0.717, 1.165) is 5.56 Å². The third-order valence-electron chi connectivity index (χ3n) is 4.45. The van der Waals surface area contributed by atoms with Gasteiger partial charge in [0.15, 0.2) is 0 Å². The minimum absolute atomic E-state index is 0.00424. The van der Waals surface area contributed by atoms with Crippen molar-refractivity contribution in [1.29, 1.82) is 0 Å². The first-order valence-corrected chi connectivity index (χ1v) is 7.96. The van der Waals surface area contributed by atoms with Gasteiger partial charge in [-0.05, 0) is 26.8 Å². The molecule has 1 saturated heterocycles. The number of carbonyl (C=O) groups excluding carboxylic acids is 2. The Labute approximate surface area is 136 Å². The molecule has 1 fully saturated rings. The van der Waals surface area contributed by atoms with Crippen molar-refractivity contribution in [2.75, 3.05) is 13.1 Å². The number of benzene rings is 1. The van der Waals surface area contributed by atoms with Crippen molar-refractivity contribution in [2.45, 2.75) is 39.0 Å². The van der Waals surface area contributed by atoms with E-state index in [9.17, 15) is 9.59 Å². The summed E-state index contributed by atoms with van der Waals surface area (Å²) >= 11 is 0. The number of ether oxygens (including phenoxy) is 1. The molecule has 1 aromatic carbocycles. The second kappa shape index (κ2) is 5.81. The maximum atomic E-state index is 12.9. The van der Waals surface area contributed by atoms with Crippen LogP contribution in [0.5, 0.6) is 0 Å². The largest absolute Gasteiger partial charge is 0.372 e. The molecule has 5 nitrogen and oxygen atoms in total. The first kappa shape index (κ1) is 15.7. The van der Waals surface area contributed by atoms with Crippen molar-refractivity contribution in [2.24, 2.45) is 0 Å². The molecule has 2 amide bonds. The highest BCUT2D eigenvalue weighted by Gasteiger charge is 2.39. The molecule has 0 aliphatic carbocycles. The molecule has 122 valence electrons. The van der Waals surface area contributed by atoms with Crippen LogP contribution in [-0.2, 0) is 9.53 Å². The molecule has 0 aromatic heterocycles. The van der Waals surface area contributed by atoms with E-state index in [0.29, 0.717) is 24.4 Å². The number of fused-ring (bicyclic) bond motifs is 1. The van der Waals surface area contributed by atoms with E-state index in [2.05, 4.69) is 6.58 Å². The summed E-state index contributed by atoms with van der Waals surface area (Å²) in [7, 11) is 0. The Balaban J connectivity index is 1.81. The molecular formula is C18H22N2O3. The second-order valence-corrected chi connectivity index (χ2v) is 6.34. The highest BCUT2D eigenvalue weighted by atomic mass is 16.5. The fourth-order valence-corrected chi connectivity index (χ4v) is 3.45. The van der Waals surface area contributed by atoms with Gasteiger partial charge < -0.3 is 9.64 Å². The summed E-state index contributed by atoms with van der Waals surface area (Å²) in [5.41, 5.74) is 2.02. The Kier molecular flexibility index (Phi) is 3.98. The lowest BCUT2D eigenvalue weighted by Gasteiger charge is -2.38. The summed E-state index contributed by atoms with van der Waals surface area (Å²) in [6.45, 7) is 10.8. The van der Waals surface area contributed by atoms with Gasteiger partial charge in [0.05, 0.1) is 12.2 Å². The van der Waals surface area contributed by atoms with Gasteiger partial charge >= 0.3 is 0 Å². The molecule has 0 radical (unpaired) electrons. The minimum Gasteiger partial charge on any atom is -0.372 e. The second-order valence-electron chi connectivity index (χ2n) is 6.34. The van der Waals surface area contributed by atoms with Gasteiger partial charge in [-0.1, -0.05) is 24.8 Å². The lowest BCUT2D eigenvalue weighted by atomic mass is 10.1. The Hall–Kier alpha value is -2.14. The molecule has 2 heterocycles. The van der Waals surface area contributed by atoms with Crippen LogP contribution in [0.25, 0.3) is 5.70 Å². The molecule has 1 aromatic rings. The summed E-state index contributed by atoms with van der Waals surface area (Å²) in [5, 5.41) is 0. The predicted molar refractivity (Wildman–Crippen MR) is 87.7 cm³/mol. The molecule has 3 atom stereocenters. The predicted octanol–water partition coefficient (Wildman–Crippen LogP) is 2.14. The molecule has 0 bridgehead atoms. The van der Waals surface area contributed by atoms with Crippen LogP contribution in [0, 0.1) is 0 Å². The van der Waals surface area contributed by atoms with Crippen LogP contribution in [0.4, 0.5) is 0 Å². The van der Waals surface area contributed by atoms with Crippen molar-refractivity contribution >= 4 is 17.5 Å². The molecule has 2 aliphatic heterocycles. The summed E-state index contributed by atoms with van der Waals surface area (Å²) in [6, 6.07) is 6.77. The molecule has 3 rings (SSSR count). The average Bonchev–Trinajstić information content (AvgIpc) is 2.77. The van der Waals surface area contributed by atoms with Crippen molar-refractivity contribution in [3.05, 3.63) is 42.0 Å². The van der Waals surface area contributed by atoms with E-state index in [1.165, 1.54) is 4.90 Å². The highest BCUT2D eigenvalue weighted by Crippen LogP contribution is 2.33. The molecule has 5 heteroatoms. The molecule has 0 N–H and O–H groups in total. The van der Waals surface area contributed by atoms with Gasteiger partial charge in [-0.15, -0.1) is 0 Å². The lowest BCUT2D eigenvalue weighted by molar-refractivity contribution is -0.146. The Morgan fingerprint density at radius 3 is 2.35 bits per heavy atom. The van der Waals surface area contributed by atoms with Crippen molar-refractivity contribution in [3.8, 4) is 0 Å². The average molecular weight is 314 g/mol. The summed E-state index contributed by atoms with van der Waals surface area (Å²) in [4.78, 5) is 28.8. The van der Waals surface area contributed by atoms with Gasteiger partial charge in [-0.3, -0.25) is 14.5 Å². The normalized spacial score (nSPS) is 25.5. The van der Waals surface area contributed by atoms with Crippen LogP contribution in [0.15, 0.2) is 30.8 Å². The first-order chi connectivity index (χ1) is 10.9. The van der Waals surface area contributed by atoms with Gasteiger partial charge in [0.1, 0.15) is 6.04 Å². The monoisotopic (exact) mass is 314 g/mol. The van der Waals surface area contributed by atoms with Crippen LogP contribution in [0.2, 0.25) is 0 Å². The van der Waals surface area contributed by atoms with E-state index in [-0.39, 0.29) is 24.0 Å². The Morgan fingerprint density at radius 1 is 1.22 bits per heavy atom. The number of hydrogen-bond donors (Lipinski definition) is 0. The molecule has 0 saturated carbocycles. The van der Waals surface area contributed by atoms with Crippen LogP contribution in [-0.4, -0.2) is 53.0 Å². The topological polar surface area (TPSA) is 49.9 Å². The van der Waals surface area contributed by atoms with Crippen LogP contribution in [0.1, 0.15) is 36.7 Å². The highest BCUT2D eigenvalue weighted by molar-refractivity contribution is 6.10. The van der Waals surface area contributed by atoms with E-state index in [1.807, 2.05) is 32.0 Å². The molecule has 0 unspecified atom stereocenters. The summed E-state index contributed by atoms with van der Waals surface area (Å²) in [6.07, 6.45) is 0.00848. The number of morpholine rings is 1. The summed E-state index contributed by atoms with van der Waals surface area (Å²) < 4.78 is 5.67. The zero-order valence-corrected chi connectivity index (χ0v) is 13.8. The third-order valence-corrected chi connectivity index (χ3v) is 4.45. The van der Waals surface area contributed by atoms with E-state index in [4.69, 9.17) is 4.74 Å². The zero-order chi connectivity index (χ0) is 16.7. The number of nitrogens with zero attached hydrogens (tertiary/aromatic N) is 2. The van der Waals surface area contributed by atoms with Crippen molar-refractivity contribution in [1.82, 2.24) is 9.80 Å². The molecule has 23 heavy (non-hydrogen) atoms. The van der Waals surface area contributed by atoms with Gasteiger partial charge in [0, 0.05) is 29.9 Å². The minimum atomic E-state index is -0.570. The van der Waals surface area contributed by atoms with Gasteiger partial charge in [-0.25, -0.2) is 0 Å². The molecule has 0 spiro atoms. The molecular weight excluding hydrogens is 292 g/mol. The molecule has 2 aliphatic rings. The maximum Gasteiger partial charge on any atom is 0.259 e. The number of carbonyl (C=O) groups is 2. The van der Waals surface area contributed by atoms with E-state index in [1.54, 1.807) is 17.9 Å². The van der Waals surface area contributed by atoms with Crippen LogP contribution < -0.4 is 0 Å². The van der Waals surface area contributed by atoms with Gasteiger partial charge in [0.25, 0.3) is 5.91 Å². The van der Waals surface area contributed by atoms with E-state index >= 15 is 0 Å². The van der Waals surface area contributed by atoms with Gasteiger partial charge in [-0.2, -0.15) is 0 Å². The summed E-state index contributed by atoms with van der Waals surface area (Å²) in [5.74, 6) is -0.213. The van der Waals surface area contributed by atoms with Crippen LogP contribution in [0.3, 0.4) is 0 Å². The Bertz CT molecular complexity index is 625. The zero-order valence-electron chi connectivity index (χ0n) is 13.8. The first-order valence-electron chi connectivity index (χ1n) is 7.96. The fraction of sp³-hybridized carbons (Fsp3) is 0.444. The van der Waals surface area contributed by atoms with Crippen molar-refractivity contribution in [3.63, 3.8) is 0 Å². The standard InChI is InChI=1S/C18H22N2O3/c1-11-9-19(10-12(2)23-11)17(21)14(4)20-13(3)15-7-5-6-8-16(15)18(20)22/h5-8,11-12,14H,3,9-10H2,1-2,4H3/t11-,12-,14-/m1/s1. The number of amides is 2. The fourth-order valence-electron chi connectivity index (χ4n) is 3.45. The SMILES string of the molecule is C=C1c2ccccc2C(=O)N1[C@H](C)C(=O)N1C[C@@H](C)O[C@H](C)C1. The lowest BCUT2D eigenvalue weighted by Crippen LogP contribution is -2.54. The number of hydrogen-bond acceptors (Lipinski definition) is 3. The Morgan fingerprint density at radius 2 is 1.78 bits per heavy atom. The van der Waals surface area contributed by atoms with Crippen molar-refractivity contribution < 1.29 is 14.3 Å². The third kappa shape index (κ3) is 2.65. The quantitative estimate of drug-likeness (QED) is 0.840. The number of rotatable bonds is 2. The van der Waals surface area contributed by atoms with Crippen LogP contribution >= 0.6 is 0 Å². The smallest absolute Gasteiger partial charge is 0.259 e. The maximum absolute atomic E-state index is 12.9. The van der Waals surface area contributed by atoms with Gasteiger partial charge in [0.2, 0.25) is 5.91 Å². The van der Waals surface area contributed by atoms with E-state index < -0.39 is 6.04 Å².